The highest BCUT2D eigenvalue weighted by atomic mass is 16.1. The Balaban J connectivity index is 1.72. The number of hydrogen-bond donors (Lipinski definition) is 2. The third-order valence-corrected chi connectivity index (χ3v) is 4.51. The van der Waals surface area contributed by atoms with Gasteiger partial charge < -0.3 is 9.97 Å². The van der Waals surface area contributed by atoms with Crippen molar-refractivity contribution >= 4 is 5.78 Å². The number of pyridine rings is 1. The van der Waals surface area contributed by atoms with E-state index in [1.807, 2.05) is 30.5 Å². The van der Waals surface area contributed by atoms with E-state index >= 15 is 0 Å². The molecule has 0 radical (unpaired) electrons. The highest BCUT2D eigenvalue weighted by Gasteiger charge is 2.21. The predicted molar refractivity (Wildman–Crippen MR) is 101 cm³/mol. The molecule has 1 aromatic carbocycles. The second-order valence-electron chi connectivity index (χ2n) is 6.34. The van der Waals surface area contributed by atoms with Gasteiger partial charge in [-0.2, -0.15) is 0 Å². The molecule has 4 rings (SSSR count). The first kappa shape index (κ1) is 16.1. The Kier molecular flexibility index (Phi) is 4.23. The van der Waals surface area contributed by atoms with Gasteiger partial charge in [0.1, 0.15) is 5.69 Å². The van der Waals surface area contributed by atoms with Gasteiger partial charge in [0.15, 0.2) is 0 Å². The van der Waals surface area contributed by atoms with Crippen molar-refractivity contribution in [3.05, 3.63) is 113 Å². The Morgan fingerprint density at radius 3 is 2.46 bits per heavy atom. The maximum atomic E-state index is 12.6. The van der Waals surface area contributed by atoms with E-state index in [0.717, 1.165) is 17.0 Å². The second kappa shape index (κ2) is 6.84. The fourth-order valence-electron chi connectivity index (χ4n) is 3.16. The van der Waals surface area contributed by atoms with Crippen LogP contribution < -0.4 is 0 Å². The van der Waals surface area contributed by atoms with Gasteiger partial charge in [-0.3, -0.25) is 9.78 Å². The predicted octanol–water partition coefficient (Wildman–Crippen LogP) is 4.46. The highest BCUT2D eigenvalue weighted by Crippen LogP contribution is 2.30. The topological polar surface area (TPSA) is 61.5 Å². The molecule has 0 aliphatic carbocycles. The average molecular weight is 341 g/mol. The van der Waals surface area contributed by atoms with E-state index in [1.54, 1.807) is 18.3 Å². The van der Waals surface area contributed by atoms with Crippen LogP contribution in [0.3, 0.4) is 0 Å². The summed E-state index contributed by atoms with van der Waals surface area (Å²) in [4.78, 5) is 23.4. The first-order chi connectivity index (χ1) is 12.7. The third kappa shape index (κ3) is 3.09. The molecule has 0 fully saturated rings. The first-order valence-electron chi connectivity index (χ1n) is 8.57. The number of rotatable bonds is 5. The van der Waals surface area contributed by atoms with Crippen LogP contribution in [0.2, 0.25) is 0 Å². The van der Waals surface area contributed by atoms with Gasteiger partial charge in [0.2, 0.25) is 5.78 Å². The van der Waals surface area contributed by atoms with Gasteiger partial charge in [0.25, 0.3) is 0 Å². The number of nitrogens with zero attached hydrogens (tertiary/aromatic N) is 1. The monoisotopic (exact) mass is 341 g/mol. The molecule has 0 aliphatic rings. The summed E-state index contributed by atoms with van der Waals surface area (Å²) in [5.74, 6) is -0.0955. The Morgan fingerprint density at radius 2 is 1.77 bits per heavy atom. The van der Waals surface area contributed by atoms with E-state index in [2.05, 4.69) is 52.2 Å². The van der Waals surface area contributed by atoms with Crippen molar-refractivity contribution in [2.24, 2.45) is 0 Å². The molecule has 26 heavy (non-hydrogen) atoms. The van der Waals surface area contributed by atoms with Crippen LogP contribution in [-0.2, 0) is 0 Å². The fourth-order valence-corrected chi connectivity index (χ4v) is 3.16. The minimum Gasteiger partial charge on any atom is -0.364 e. The van der Waals surface area contributed by atoms with Crippen molar-refractivity contribution in [2.75, 3.05) is 0 Å². The van der Waals surface area contributed by atoms with Crippen molar-refractivity contribution < 1.29 is 4.79 Å². The molecule has 4 heteroatoms. The lowest BCUT2D eigenvalue weighted by atomic mass is 9.92. The molecule has 4 aromatic rings. The summed E-state index contributed by atoms with van der Waals surface area (Å²) in [5, 5.41) is 0. The van der Waals surface area contributed by atoms with Crippen molar-refractivity contribution in [3.8, 4) is 0 Å². The molecular formula is C22H19N3O. The Hall–Kier alpha value is -3.40. The van der Waals surface area contributed by atoms with Gasteiger partial charge in [0.05, 0.1) is 11.6 Å². The molecule has 0 saturated heterocycles. The molecule has 1 atom stereocenters. The van der Waals surface area contributed by atoms with Gasteiger partial charge in [-0.25, -0.2) is 0 Å². The number of aromatic nitrogens is 3. The van der Waals surface area contributed by atoms with Crippen LogP contribution >= 0.6 is 0 Å². The fraction of sp³-hybridized carbons (Fsp3) is 0.0909. The highest BCUT2D eigenvalue weighted by molar-refractivity contribution is 6.06. The molecule has 128 valence electrons. The smallest absolute Gasteiger partial charge is 0.227 e. The van der Waals surface area contributed by atoms with E-state index in [1.165, 1.54) is 5.56 Å². The zero-order chi connectivity index (χ0) is 17.9. The summed E-state index contributed by atoms with van der Waals surface area (Å²) in [6.45, 7) is 2.08. The van der Waals surface area contributed by atoms with Gasteiger partial charge in [-0.1, -0.05) is 35.9 Å². The van der Waals surface area contributed by atoms with Crippen LogP contribution in [0.25, 0.3) is 0 Å². The number of nitrogens with one attached hydrogen (secondary N) is 2. The third-order valence-electron chi connectivity index (χ3n) is 4.51. The van der Waals surface area contributed by atoms with Crippen molar-refractivity contribution in [1.29, 1.82) is 0 Å². The van der Waals surface area contributed by atoms with E-state index in [4.69, 9.17) is 0 Å². The van der Waals surface area contributed by atoms with Gasteiger partial charge >= 0.3 is 0 Å². The molecule has 0 aliphatic heterocycles. The normalized spacial score (nSPS) is 12.0. The molecule has 0 saturated carbocycles. The van der Waals surface area contributed by atoms with Crippen LogP contribution in [0, 0.1) is 6.92 Å². The lowest BCUT2D eigenvalue weighted by molar-refractivity contribution is 0.103. The number of hydrogen-bond acceptors (Lipinski definition) is 2. The van der Waals surface area contributed by atoms with Gasteiger partial charge in [0, 0.05) is 23.8 Å². The zero-order valence-corrected chi connectivity index (χ0v) is 14.4. The zero-order valence-electron chi connectivity index (χ0n) is 14.4. The second-order valence-corrected chi connectivity index (χ2v) is 6.34. The number of aryl methyl sites for hydroxylation is 1. The Bertz CT molecular complexity index is 999. The average Bonchev–Trinajstić information content (AvgIpc) is 3.37. The lowest BCUT2D eigenvalue weighted by Crippen LogP contribution is -2.07. The van der Waals surface area contributed by atoms with Crippen molar-refractivity contribution in [2.45, 2.75) is 12.8 Å². The number of carbonyl (C=O) groups excluding carboxylic acids is 1. The number of benzene rings is 1. The van der Waals surface area contributed by atoms with E-state index in [9.17, 15) is 4.79 Å². The maximum Gasteiger partial charge on any atom is 0.227 e. The maximum absolute atomic E-state index is 12.6. The largest absolute Gasteiger partial charge is 0.364 e. The quantitative estimate of drug-likeness (QED) is 0.527. The summed E-state index contributed by atoms with van der Waals surface area (Å²) in [5.41, 5.74) is 5.41. The summed E-state index contributed by atoms with van der Waals surface area (Å²) in [6.07, 6.45) is 3.55. The molecule has 3 heterocycles. The summed E-state index contributed by atoms with van der Waals surface area (Å²) in [7, 11) is 0. The molecule has 3 aromatic heterocycles. The number of carbonyl (C=O) groups is 1. The summed E-state index contributed by atoms with van der Waals surface area (Å²) >= 11 is 0. The molecule has 0 amide bonds. The first-order valence-corrected chi connectivity index (χ1v) is 8.57. The molecule has 0 bridgehead atoms. The molecule has 2 N–H and O–H groups in total. The van der Waals surface area contributed by atoms with Crippen molar-refractivity contribution in [1.82, 2.24) is 15.0 Å². The SMILES string of the molecule is Cc1ccc(C(c2ccc[nH]2)c2ccc(C(=O)c3ccccn3)[nH]2)cc1. The molecular weight excluding hydrogens is 322 g/mol. The van der Waals surface area contributed by atoms with Crippen LogP contribution in [0.15, 0.2) is 79.1 Å². The minimum absolute atomic E-state index is 0.0101. The molecule has 1 unspecified atom stereocenters. The van der Waals surface area contributed by atoms with Crippen LogP contribution in [0.5, 0.6) is 0 Å². The number of ketones is 1. The van der Waals surface area contributed by atoms with Crippen LogP contribution in [0.1, 0.15) is 44.6 Å². The summed E-state index contributed by atoms with van der Waals surface area (Å²) < 4.78 is 0. The van der Waals surface area contributed by atoms with Gasteiger partial charge in [-0.15, -0.1) is 0 Å². The van der Waals surface area contributed by atoms with Crippen molar-refractivity contribution in [3.63, 3.8) is 0 Å². The summed E-state index contributed by atoms with van der Waals surface area (Å²) in [6, 6.07) is 21.7. The lowest BCUT2D eigenvalue weighted by Gasteiger charge is -2.15. The minimum atomic E-state index is -0.106. The molecule has 4 nitrogen and oxygen atoms in total. The van der Waals surface area contributed by atoms with Crippen LogP contribution in [-0.4, -0.2) is 20.7 Å². The van der Waals surface area contributed by atoms with E-state index < -0.39 is 0 Å². The van der Waals surface area contributed by atoms with E-state index in [0.29, 0.717) is 11.4 Å². The number of aromatic amines is 2. The van der Waals surface area contributed by atoms with Gasteiger partial charge in [-0.05, 0) is 48.9 Å². The Labute approximate surface area is 151 Å². The standard InChI is InChI=1S/C22H19N3O/c1-15-7-9-16(10-8-15)21(17-6-4-14-23-17)18-11-12-20(25-18)22(26)19-5-2-3-13-24-19/h2-14,21,23,25H,1H3. The number of H-pyrrole nitrogens is 2. The molecule has 0 spiro atoms. The van der Waals surface area contributed by atoms with Crippen LogP contribution in [0.4, 0.5) is 0 Å². The Morgan fingerprint density at radius 1 is 0.923 bits per heavy atom. The van der Waals surface area contributed by atoms with E-state index in [-0.39, 0.29) is 11.7 Å².